The molecule has 124 valence electrons. The second-order valence-electron chi connectivity index (χ2n) is 5.42. The van der Waals surface area contributed by atoms with Crippen molar-refractivity contribution < 1.29 is 13.2 Å². The number of hydrogen-bond donors (Lipinski definition) is 2. The van der Waals surface area contributed by atoms with E-state index in [1.165, 1.54) is 0 Å². The highest BCUT2D eigenvalue weighted by Crippen LogP contribution is 2.12. The van der Waals surface area contributed by atoms with Gasteiger partial charge < -0.3 is 5.32 Å². The number of amides is 1. The molecule has 0 aliphatic heterocycles. The Kier molecular flexibility index (Phi) is 7.55. The van der Waals surface area contributed by atoms with Crippen molar-refractivity contribution in [1.29, 1.82) is 0 Å². The summed E-state index contributed by atoms with van der Waals surface area (Å²) in [6, 6.07) is 6.87. The Labute approximate surface area is 133 Å². The highest BCUT2D eigenvalue weighted by Gasteiger charge is 2.12. The zero-order valence-corrected chi connectivity index (χ0v) is 14.4. The Morgan fingerprint density at radius 1 is 1.18 bits per heavy atom. The average Bonchev–Trinajstić information content (AvgIpc) is 2.51. The van der Waals surface area contributed by atoms with Crippen molar-refractivity contribution in [2.24, 2.45) is 0 Å². The van der Waals surface area contributed by atoms with E-state index in [1.54, 1.807) is 24.3 Å². The van der Waals surface area contributed by atoms with E-state index in [4.69, 9.17) is 0 Å². The van der Waals surface area contributed by atoms with E-state index in [2.05, 4.69) is 10.0 Å². The van der Waals surface area contributed by atoms with E-state index < -0.39 is 10.0 Å². The molecule has 0 heterocycles. The van der Waals surface area contributed by atoms with Crippen LogP contribution in [-0.4, -0.2) is 26.9 Å². The molecule has 0 saturated carbocycles. The first-order chi connectivity index (χ1) is 10.4. The van der Waals surface area contributed by atoms with Gasteiger partial charge >= 0.3 is 0 Å². The third-order valence-electron chi connectivity index (χ3n) is 3.44. The molecule has 2 N–H and O–H groups in total. The summed E-state index contributed by atoms with van der Waals surface area (Å²) in [6.07, 6.45) is 2.67. The van der Waals surface area contributed by atoms with E-state index >= 15 is 0 Å². The third kappa shape index (κ3) is 6.15. The molecule has 22 heavy (non-hydrogen) atoms. The summed E-state index contributed by atoms with van der Waals surface area (Å²) < 4.78 is 26.4. The molecule has 0 saturated heterocycles. The first-order valence-electron chi connectivity index (χ1n) is 7.77. The van der Waals surface area contributed by atoms with E-state index in [9.17, 15) is 13.2 Å². The van der Waals surface area contributed by atoms with Gasteiger partial charge in [-0.15, -0.1) is 0 Å². The van der Waals surface area contributed by atoms with Crippen LogP contribution in [0.2, 0.25) is 0 Å². The molecular weight excluding hydrogens is 300 g/mol. The molecule has 0 spiro atoms. The molecule has 1 amide bonds. The van der Waals surface area contributed by atoms with Gasteiger partial charge in [-0.25, -0.2) is 13.1 Å². The van der Waals surface area contributed by atoms with Gasteiger partial charge in [0.05, 0.1) is 4.90 Å². The highest BCUT2D eigenvalue weighted by atomic mass is 32.2. The Balaban J connectivity index is 2.57. The first kappa shape index (κ1) is 18.6. The van der Waals surface area contributed by atoms with Crippen molar-refractivity contribution in [3.63, 3.8) is 0 Å². The molecule has 5 nitrogen and oxygen atoms in total. The molecule has 0 unspecified atom stereocenters. The Morgan fingerprint density at radius 3 is 2.36 bits per heavy atom. The Hall–Kier alpha value is -1.40. The lowest BCUT2D eigenvalue weighted by Gasteiger charge is -2.11. The first-order valence-corrected chi connectivity index (χ1v) is 9.25. The smallest absolute Gasteiger partial charge is 0.240 e. The summed E-state index contributed by atoms with van der Waals surface area (Å²) in [7, 11) is -3.42. The van der Waals surface area contributed by atoms with Crippen LogP contribution in [0.5, 0.6) is 0 Å². The number of aryl methyl sites for hydroxylation is 1. The molecule has 6 heteroatoms. The lowest BCUT2D eigenvalue weighted by Crippen LogP contribution is -2.32. The molecule has 1 aromatic rings. The molecule has 1 atom stereocenters. The van der Waals surface area contributed by atoms with Crippen molar-refractivity contribution in [3.8, 4) is 0 Å². The maximum absolute atomic E-state index is 11.9. The second-order valence-corrected chi connectivity index (χ2v) is 7.19. The van der Waals surface area contributed by atoms with E-state index in [-0.39, 0.29) is 16.8 Å². The summed E-state index contributed by atoms with van der Waals surface area (Å²) in [6.45, 7) is 6.34. The van der Waals surface area contributed by atoms with Gasteiger partial charge in [-0.1, -0.05) is 26.0 Å². The minimum absolute atomic E-state index is 0.0238. The number of rotatable bonds is 9. The standard InChI is InChI=1S/C16H26N2O3S/c1-4-12-17-22(20,21)15-9-6-14(7-10-15)8-11-16(19)18-13(3)5-2/h6-7,9-10,13,17H,4-5,8,11-12H2,1-3H3,(H,18,19)/t13-/m1/s1. The van der Waals surface area contributed by atoms with Gasteiger partial charge in [0.15, 0.2) is 0 Å². The molecule has 1 aromatic carbocycles. The van der Waals surface area contributed by atoms with E-state index in [0.29, 0.717) is 19.4 Å². The molecular formula is C16H26N2O3S. The number of carbonyl (C=O) groups is 1. The number of carbonyl (C=O) groups excluding carboxylic acids is 1. The van der Waals surface area contributed by atoms with E-state index in [0.717, 1.165) is 18.4 Å². The number of hydrogen-bond acceptors (Lipinski definition) is 3. The van der Waals surface area contributed by atoms with Crippen molar-refractivity contribution in [2.75, 3.05) is 6.54 Å². The maximum atomic E-state index is 11.9. The summed E-state index contributed by atoms with van der Waals surface area (Å²) >= 11 is 0. The molecule has 1 rings (SSSR count). The fourth-order valence-electron chi connectivity index (χ4n) is 1.86. The minimum atomic E-state index is -3.42. The highest BCUT2D eigenvalue weighted by molar-refractivity contribution is 7.89. The number of sulfonamides is 1. The van der Waals surface area contributed by atoms with Gasteiger partial charge in [0, 0.05) is 19.0 Å². The van der Waals surface area contributed by atoms with Crippen LogP contribution in [0.25, 0.3) is 0 Å². The van der Waals surface area contributed by atoms with Crippen molar-refractivity contribution in [2.45, 2.75) is 57.4 Å². The predicted octanol–water partition coefficient (Wildman–Crippen LogP) is 2.22. The predicted molar refractivity (Wildman–Crippen MR) is 88.1 cm³/mol. The van der Waals surface area contributed by atoms with Gasteiger partial charge in [0.25, 0.3) is 0 Å². The minimum Gasteiger partial charge on any atom is -0.354 e. The quantitative estimate of drug-likeness (QED) is 0.730. The summed E-state index contributed by atoms with van der Waals surface area (Å²) in [5.74, 6) is 0.0238. The van der Waals surface area contributed by atoms with Crippen LogP contribution in [0.4, 0.5) is 0 Å². The van der Waals surface area contributed by atoms with Crippen LogP contribution in [0.3, 0.4) is 0 Å². The maximum Gasteiger partial charge on any atom is 0.240 e. The number of nitrogens with one attached hydrogen (secondary N) is 2. The summed E-state index contributed by atoms with van der Waals surface area (Å²) in [5.41, 5.74) is 0.953. The van der Waals surface area contributed by atoms with Gasteiger partial charge in [-0.05, 0) is 43.9 Å². The molecule has 0 fully saturated rings. The van der Waals surface area contributed by atoms with Crippen molar-refractivity contribution in [3.05, 3.63) is 29.8 Å². The molecule has 0 aliphatic carbocycles. The topological polar surface area (TPSA) is 75.3 Å². The fourth-order valence-corrected chi connectivity index (χ4v) is 3.00. The van der Waals surface area contributed by atoms with Gasteiger partial charge in [0.1, 0.15) is 0 Å². The largest absolute Gasteiger partial charge is 0.354 e. The van der Waals surface area contributed by atoms with E-state index in [1.807, 2.05) is 20.8 Å². The average molecular weight is 326 g/mol. The SMILES string of the molecule is CCCNS(=O)(=O)c1ccc(CCC(=O)N[C@H](C)CC)cc1. The van der Waals surface area contributed by atoms with Crippen LogP contribution in [0, 0.1) is 0 Å². The Bertz CT molecular complexity index is 568. The van der Waals surface area contributed by atoms with Gasteiger partial charge in [-0.3, -0.25) is 4.79 Å². The molecule has 0 bridgehead atoms. The van der Waals surface area contributed by atoms with Gasteiger partial charge in [0.2, 0.25) is 15.9 Å². The monoisotopic (exact) mass is 326 g/mol. The lowest BCUT2D eigenvalue weighted by molar-refractivity contribution is -0.121. The lowest BCUT2D eigenvalue weighted by atomic mass is 10.1. The zero-order chi connectivity index (χ0) is 16.6. The third-order valence-corrected chi connectivity index (χ3v) is 4.91. The Morgan fingerprint density at radius 2 is 1.82 bits per heavy atom. The van der Waals surface area contributed by atoms with Crippen molar-refractivity contribution in [1.82, 2.24) is 10.0 Å². The normalized spacial score (nSPS) is 12.9. The van der Waals surface area contributed by atoms with Crippen LogP contribution in [0.15, 0.2) is 29.2 Å². The summed E-state index contributed by atoms with van der Waals surface area (Å²) in [5, 5.41) is 2.91. The van der Waals surface area contributed by atoms with Crippen LogP contribution in [0.1, 0.15) is 45.6 Å². The summed E-state index contributed by atoms with van der Waals surface area (Å²) in [4.78, 5) is 12.0. The van der Waals surface area contributed by atoms with Crippen molar-refractivity contribution >= 4 is 15.9 Å². The van der Waals surface area contributed by atoms with Crippen LogP contribution >= 0.6 is 0 Å². The zero-order valence-electron chi connectivity index (χ0n) is 13.6. The molecule has 0 radical (unpaired) electrons. The fraction of sp³-hybridized carbons (Fsp3) is 0.562. The number of benzene rings is 1. The second kappa shape index (κ2) is 8.90. The van der Waals surface area contributed by atoms with Gasteiger partial charge in [-0.2, -0.15) is 0 Å². The molecule has 0 aliphatic rings. The molecule has 0 aromatic heterocycles. The van der Waals surface area contributed by atoms with Crippen LogP contribution in [-0.2, 0) is 21.2 Å². The van der Waals surface area contributed by atoms with Crippen LogP contribution < -0.4 is 10.0 Å².